The van der Waals surface area contributed by atoms with Crippen molar-refractivity contribution in [3.8, 4) is 16.9 Å². The van der Waals surface area contributed by atoms with Gasteiger partial charge in [0.25, 0.3) is 0 Å². The lowest BCUT2D eigenvalue weighted by atomic mass is 9.71. The van der Waals surface area contributed by atoms with Crippen LogP contribution in [0.3, 0.4) is 0 Å². The number of carboxylic acid groups (broad SMARTS) is 1. The Morgan fingerprint density at radius 3 is 2.14 bits per heavy atom. The third-order valence-corrected chi connectivity index (χ3v) is 8.11. The number of ether oxygens (including phenoxy) is 1. The number of nitrogens with zero attached hydrogens (tertiary/aromatic N) is 1. The van der Waals surface area contributed by atoms with Gasteiger partial charge in [0.15, 0.2) is 0 Å². The first-order valence-corrected chi connectivity index (χ1v) is 12.2. The highest BCUT2D eigenvalue weighted by Crippen LogP contribution is 2.49. The van der Waals surface area contributed by atoms with Gasteiger partial charge in [0, 0.05) is 5.56 Å². The average Bonchev–Trinajstić information content (AvgIpc) is 2.78. The first kappa shape index (κ1) is 24.7. The van der Waals surface area contributed by atoms with Gasteiger partial charge in [-0.2, -0.15) is 13.1 Å². The zero-order valence-electron chi connectivity index (χ0n) is 18.4. The molecule has 0 saturated heterocycles. The average molecular weight is 506 g/mol. The molecular formula is C25H22F3NO5S. The number of carboxylic acids is 1. The number of alkyl halides is 2. The molecule has 1 saturated carbocycles. The predicted octanol–water partition coefficient (Wildman–Crippen LogP) is 5.25. The van der Waals surface area contributed by atoms with Gasteiger partial charge in [0.2, 0.25) is 10.0 Å². The summed E-state index contributed by atoms with van der Waals surface area (Å²) in [6.07, 6.45) is 1.47. The van der Waals surface area contributed by atoms with Gasteiger partial charge < -0.3 is 9.84 Å². The second-order valence-electron chi connectivity index (χ2n) is 8.20. The lowest BCUT2D eigenvalue weighted by Gasteiger charge is -2.49. The largest absolute Gasteiger partial charge is 0.480 e. The summed E-state index contributed by atoms with van der Waals surface area (Å²) in [6.45, 7) is -3.85. The molecule has 0 amide bonds. The molecule has 0 unspecified atom stereocenters. The monoisotopic (exact) mass is 505 g/mol. The number of carbonyl (C=O) groups is 1. The predicted molar refractivity (Wildman–Crippen MR) is 122 cm³/mol. The molecule has 3 aromatic carbocycles. The standard InChI is InChI=1S/C25H22F3NO5S/c26-22-5-2-1-4-21(22)17-6-8-18(9-7-17)25(14-3-15-25)29(16-23(30)31)35(32,33)20-12-10-19(11-13-20)34-24(27)28/h1-2,4-13,24H,3,14-16H2,(H,30,31). The Kier molecular flexibility index (Phi) is 6.86. The summed E-state index contributed by atoms with van der Waals surface area (Å²) >= 11 is 0. The molecule has 184 valence electrons. The lowest BCUT2D eigenvalue weighted by Crippen LogP contribution is -2.55. The van der Waals surface area contributed by atoms with Crippen molar-refractivity contribution in [2.75, 3.05) is 6.54 Å². The van der Waals surface area contributed by atoms with E-state index in [-0.39, 0.29) is 10.6 Å². The Bertz CT molecular complexity index is 1310. The van der Waals surface area contributed by atoms with Crippen molar-refractivity contribution in [3.05, 3.63) is 84.2 Å². The van der Waals surface area contributed by atoms with Crippen LogP contribution in [0, 0.1) is 5.82 Å². The molecule has 0 bridgehead atoms. The Morgan fingerprint density at radius 2 is 1.63 bits per heavy atom. The summed E-state index contributed by atoms with van der Waals surface area (Å²) in [5.41, 5.74) is 0.473. The third kappa shape index (κ3) is 4.89. The van der Waals surface area contributed by atoms with Crippen LogP contribution in [0.4, 0.5) is 13.2 Å². The fraction of sp³-hybridized carbons (Fsp3) is 0.240. The van der Waals surface area contributed by atoms with Gasteiger partial charge in [-0.05, 0) is 60.7 Å². The van der Waals surface area contributed by atoms with Gasteiger partial charge in [-0.15, -0.1) is 0 Å². The molecule has 0 aliphatic heterocycles. The van der Waals surface area contributed by atoms with Crippen molar-refractivity contribution in [3.63, 3.8) is 0 Å². The molecule has 4 rings (SSSR count). The van der Waals surface area contributed by atoms with E-state index in [9.17, 15) is 31.5 Å². The molecule has 0 atom stereocenters. The molecule has 1 N–H and O–H groups in total. The first-order chi connectivity index (χ1) is 16.6. The van der Waals surface area contributed by atoms with E-state index in [1.807, 2.05) is 0 Å². The second kappa shape index (κ2) is 9.71. The Morgan fingerprint density at radius 1 is 1.00 bits per heavy atom. The van der Waals surface area contributed by atoms with Gasteiger partial charge in [0.05, 0.1) is 10.4 Å². The molecule has 0 heterocycles. The zero-order valence-corrected chi connectivity index (χ0v) is 19.2. The fourth-order valence-corrected chi connectivity index (χ4v) is 6.12. The van der Waals surface area contributed by atoms with Crippen LogP contribution in [-0.2, 0) is 20.4 Å². The minimum absolute atomic E-state index is 0.217. The van der Waals surface area contributed by atoms with Crippen LogP contribution >= 0.6 is 0 Å². The first-order valence-electron chi connectivity index (χ1n) is 10.8. The maximum Gasteiger partial charge on any atom is 0.387 e. The number of aliphatic carboxylic acids is 1. The topological polar surface area (TPSA) is 83.9 Å². The number of halogens is 3. The highest BCUT2D eigenvalue weighted by molar-refractivity contribution is 7.89. The maximum absolute atomic E-state index is 14.2. The van der Waals surface area contributed by atoms with E-state index in [4.69, 9.17) is 0 Å². The van der Waals surface area contributed by atoms with Gasteiger partial charge in [-0.1, -0.05) is 42.5 Å². The Hall–Kier alpha value is -3.37. The number of benzene rings is 3. The minimum atomic E-state index is -4.33. The van der Waals surface area contributed by atoms with E-state index < -0.39 is 40.5 Å². The van der Waals surface area contributed by atoms with E-state index in [2.05, 4.69) is 4.74 Å². The summed E-state index contributed by atoms with van der Waals surface area (Å²) < 4.78 is 71.5. The third-order valence-electron chi connectivity index (χ3n) is 6.18. The van der Waals surface area contributed by atoms with Gasteiger partial charge >= 0.3 is 12.6 Å². The van der Waals surface area contributed by atoms with E-state index >= 15 is 0 Å². The maximum atomic E-state index is 14.2. The van der Waals surface area contributed by atoms with Gasteiger partial charge in [-0.25, -0.2) is 12.8 Å². The molecule has 6 nitrogen and oxygen atoms in total. The Balaban J connectivity index is 1.72. The van der Waals surface area contributed by atoms with E-state index in [1.165, 1.54) is 6.07 Å². The van der Waals surface area contributed by atoms with Crippen molar-refractivity contribution in [2.24, 2.45) is 0 Å². The van der Waals surface area contributed by atoms with Gasteiger partial charge in [-0.3, -0.25) is 4.79 Å². The molecule has 1 aliphatic rings. The molecule has 0 radical (unpaired) electrons. The van der Waals surface area contributed by atoms with Crippen LogP contribution in [0.25, 0.3) is 11.1 Å². The van der Waals surface area contributed by atoms with Crippen molar-refractivity contribution in [1.29, 1.82) is 0 Å². The molecule has 1 fully saturated rings. The van der Waals surface area contributed by atoms with Crippen LogP contribution in [-0.4, -0.2) is 37.0 Å². The van der Waals surface area contributed by atoms with Crippen LogP contribution in [0.5, 0.6) is 5.75 Å². The quantitative estimate of drug-likeness (QED) is 0.430. The number of hydrogen-bond acceptors (Lipinski definition) is 4. The summed E-state index contributed by atoms with van der Waals surface area (Å²) in [5, 5.41) is 9.54. The van der Waals surface area contributed by atoms with E-state index in [1.54, 1.807) is 42.5 Å². The van der Waals surface area contributed by atoms with Gasteiger partial charge in [0.1, 0.15) is 18.1 Å². The molecule has 35 heavy (non-hydrogen) atoms. The summed E-state index contributed by atoms with van der Waals surface area (Å²) in [7, 11) is -4.33. The normalized spacial score (nSPS) is 15.1. The molecule has 0 spiro atoms. The van der Waals surface area contributed by atoms with E-state index in [0.717, 1.165) is 28.6 Å². The van der Waals surface area contributed by atoms with Crippen molar-refractivity contribution >= 4 is 16.0 Å². The zero-order chi connectivity index (χ0) is 25.2. The Labute approximate surface area is 200 Å². The summed E-state index contributed by atoms with van der Waals surface area (Å²) in [5.74, 6) is -1.95. The van der Waals surface area contributed by atoms with Crippen LogP contribution < -0.4 is 4.74 Å². The van der Waals surface area contributed by atoms with Crippen molar-refractivity contribution in [1.82, 2.24) is 4.31 Å². The smallest absolute Gasteiger partial charge is 0.387 e. The van der Waals surface area contributed by atoms with E-state index in [0.29, 0.717) is 36.0 Å². The SMILES string of the molecule is O=C(O)CN(C1(c2ccc(-c3ccccc3F)cc2)CCC1)S(=O)(=O)c1ccc(OC(F)F)cc1. The van der Waals surface area contributed by atoms with Crippen LogP contribution in [0.2, 0.25) is 0 Å². The number of hydrogen-bond donors (Lipinski definition) is 1. The summed E-state index contributed by atoms with van der Waals surface area (Å²) in [6, 6.07) is 17.4. The van der Waals surface area contributed by atoms with Crippen molar-refractivity contribution < 1.29 is 36.2 Å². The lowest BCUT2D eigenvalue weighted by molar-refractivity contribution is -0.139. The second-order valence-corrected chi connectivity index (χ2v) is 10.1. The minimum Gasteiger partial charge on any atom is -0.480 e. The molecule has 3 aromatic rings. The fourth-order valence-electron chi connectivity index (χ4n) is 4.36. The van der Waals surface area contributed by atoms with Crippen LogP contribution in [0.1, 0.15) is 24.8 Å². The summed E-state index contributed by atoms with van der Waals surface area (Å²) in [4.78, 5) is 11.5. The molecule has 0 aromatic heterocycles. The molecular weight excluding hydrogens is 483 g/mol. The highest BCUT2D eigenvalue weighted by Gasteiger charge is 2.50. The number of sulfonamides is 1. The molecule has 10 heteroatoms. The molecule has 1 aliphatic carbocycles. The number of rotatable bonds is 9. The van der Waals surface area contributed by atoms with Crippen molar-refractivity contribution in [2.45, 2.75) is 36.3 Å². The highest BCUT2D eigenvalue weighted by atomic mass is 32.2. The van der Waals surface area contributed by atoms with Crippen LogP contribution in [0.15, 0.2) is 77.7 Å².